The summed E-state index contributed by atoms with van der Waals surface area (Å²) < 4.78 is 4.76. The Hall–Kier alpha value is -2.15. The minimum absolute atomic E-state index is 0.00590. The summed E-state index contributed by atoms with van der Waals surface area (Å²) in [5.41, 5.74) is 6.37. The van der Waals surface area contributed by atoms with Gasteiger partial charge >= 0.3 is 5.97 Å². The average Bonchev–Trinajstić information content (AvgIpc) is 2.66. The molecule has 0 saturated carbocycles. The highest BCUT2D eigenvalue weighted by Crippen LogP contribution is 2.33. The molecule has 0 saturated heterocycles. The highest BCUT2D eigenvalue weighted by molar-refractivity contribution is 6.37. The number of imide groups is 1. The van der Waals surface area contributed by atoms with Gasteiger partial charge in [0.25, 0.3) is 11.8 Å². The highest BCUT2D eigenvalue weighted by atomic mass is 35.5. The van der Waals surface area contributed by atoms with Crippen LogP contribution in [0.4, 0.5) is 5.69 Å². The van der Waals surface area contributed by atoms with Gasteiger partial charge in [-0.3, -0.25) is 19.3 Å². The molecule has 0 aliphatic carbocycles. The molecule has 2 rings (SSSR count). The molecule has 1 aromatic heterocycles. The number of fused-ring (bicyclic) bond motifs is 1. The summed E-state index contributed by atoms with van der Waals surface area (Å²) in [5.74, 6) is -1.64. The summed E-state index contributed by atoms with van der Waals surface area (Å²) in [6, 6.07) is 0. The van der Waals surface area contributed by atoms with Crippen molar-refractivity contribution in [3.05, 3.63) is 22.0 Å². The molecule has 0 spiro atoms. The summed E-state index contributed by atoms with van der Waals surface area (Å²) in [7, 11) is 0. The van der Waals surface area contributed by atoms with E-state index in [1.807, 2.05) is 0 Å². The number of carbonyl (C=O) groups is 3. The summed E-state index contributed by atoms with van der Waals surface area (Å²) in [6.45, 7) is 3.43. The van der Waals surface area contributed by atoms with Gasteiger partial charge in [0.2, 0.25) is 0 Å². The van der Waals surface area contributed by atoms with E-state index in [9.17, 15) is 14.4 Å². The number of nitrogen functional groups attached to an aromatic ring is 1. The number of anilines is 1. The van der Waals surface area contributed by atoms with E-state index in [0.717, 1.165) is 4.90 Å². The number of aryl methyl sites for hydroxylation is 1. The van der Waals surface area contributed by atoms with Gasteiger partial charge in [-0.1, -0.05) is 11.6 Å². The molecule has 0 bridgehead atoms. The van der Waals surface area contributed by atoms with E-state index < -0.39 is 17.8 Å². The minimum atomic E-state index is -0.594. The first-order valence-corrected chi connectivity index (χ1v) is 6.73. The van der Waals surface area contributed by atoms with Crippen LogP contribution in [0.1, 0.15) is 39.8 Å². The van der Waals surface area contributed by atoms with Crippen LogP contribution in [-0.4, -0.2) is 40.8 Å². The van der Waals surface area contributed by atoms with Crippen molar-refractivity contribution < 1.29 is 19.1 Å². The van der Waals surface area contributed by atoms with Gasteiger partial charge in [-0.15, -0.1) is 0 Å². The van der Waals surface area contributed by atoms with Crippen molar-refractivity contribution in [1.29, 1.82) is 0 Å². The maximum absolute atomic E-state index is 12.3. The Kier molecular flexibility index (Phi) is 4.13. The maximum atomic E-state index is 12.3. The Morgan fingerprint density at radius 1 is 1.33 bits per heavy atom. The molecule has 1 aromatic rings. The number of esters is 1. The average molecular weight is 312 g/mol. The Bertz CT molecular complexity index is 645. The molecule has 2 amide bonds. The largest absolute Gasteiger partial charge is 0.466 e. The van der Waals surface area contributed by atoms with Crippen LogP contribution < -0.4 is 5.73 Å². The van der Waals surface area contributed by atoms with Crippen molar-refractivity contribution in [2.45, 2.75) is 20.3 Å². The number of amides is 2. The first-order chi connectivity index (χ1) is 9.88. The second-order valence-corrected chi connectivity index (χ2v) is 4.83. The number of halogens is 1. The van der Waals surface area contributed by atoms with E-state index in [1.165, 1.54) is 0 Å². The molecule has 0 aromatic carbocycles. The molecule has 8 heteroatoms. The monoisotopic (exact) mass is 311 g/mol. The van der Waals surface area contributed by atoms with Gasteiger partial charge in [0.1, 0.15) is 5.15 Å². The van der Waals surface area contributed by atoms with Crippen molar-refractivity contribution in [3.63, 3.8) is 0 Å². The van der Waals surface area contributed by atoms with E-state index in [4.69, 9.17) is 22.1 Å². The third-order valence-corrected chi connectivity index (χ3v) is 3.42. The van der Waals surface area contributed by atoms with Crippen LogP contribution in [0.15, 0.2) is 0 Å². The fourth-order valence-corrected chi connectivity index (χ4v) is 2.40. The molecule has 1 aliphatic rings. The quantitative estimate of drug-likeness (QED) is 0.509. The van der Waals surface area contributed by atoms with Crippen molar-refractivity contribution in [2.75, 3.05) is 18.9 Å². The second-order valence-electron chi connectivity index (χ2n) is 4.47. The predicted molar refractivity (Wildman–Crippen MR) is 75.0 cm³/mol. The van der Waals surface area contributed by atoms with Crippen LogP contribution in [-0.2, 0) is 9.53 Å². The molecular formula is C13H14ClN3O4. The van der Waals surface area contributed by atoms with Crippen molar-refractivity contribution in [1.82, 2.24) is 9.88 Å². The van der Waals surface area contributed by atoms with Crippen LogP contribution in [0.25, 0.3) is 0 Å². The fourth-order valence-electron chi connectivity index (χ4n) is 2.10. The molecule has 0 fully saturated rings. The molecule has 2 heterocycles. The van der Waals surface area contributed by atoms with Gasteiger partial charge < -0.3 is 10.5 Å². The minimum Gasteiger partial charge on any atom is -0.466 e. The number of nitrogens with zero attached hydrogens (tertiary/aromatic N) is 2. The lowest BCUT2D eigenvalue weighted by Gasteiger charge is -2.12. The standard InChI is InChI=1S/C13H14ClN3O4/c1-3-21-7(18)4-5-17-12(19)8-9(13(17)20)11(14)16-6(2)10(8)15/h3-5,15H2,1-2H3. The van der Waals surface area contributed by atoms with E-state index in [-0.39, 0.29) is 41.5 Å². The number of hydrogen-bond acceptors (Lipinski definition) is 6. The first-order valence-electron chi connectivity index (χ1n) is 6.35. The number of hydrogen-bond donors (Lipinski definition) is 1. The van der Waals surface area contributed by atoms with E-state index in [1.54, 1.807) is 13.8 Å². The van der Waals surface area contributed by atoms with E-state index in [2.05, 4.69) is 4.98 Å². The molecular weight excluding hydrogens is 298 g/mol. The van der Waals surface area contributed by atoms with Crippen LogP contribution in [0, 0.1) is 6.92 Å². The molecule has 7 nitrogen and oxygen atoms in total. The zero-order chi connectivity index (χ0) is 15.7. The Morgan fingerprint density at radius 3 is 2.57 bits per heavy atom. The van der Waals surface area contributed by atoms with Gasteiger partial charge in [0.05, 0.1) is 35.5 Å². The summed E-state index contributed by atoms with van der Waals surface area (Å²) in [6.07, 6.45) is -0.0801. The van der Waals surface area contributed by atoms with Gasteiger partial charge in [-0.05, 0) is 13.8 Å². The zero-order valence-corrected chi connectivity index (χ0v) is 12.4. The maximum Gasteiger partial charge on any atom is 0.307 e. The van der Waals surface area contributed by atoms with E-state index in [0.29, 0.717) is 5.69 Å². The predicted octanol–water partition coefficient (Wildman–Crippen LogP) is 1.17. The Balaban J connectivity index is 2.29. The molecule has 2 N–H and O–H groups in total. The van der Waals surface area contributed by atoms with Crippen LogP contribution in [0.2, 0.25) is 5.15 Å². The lowest BCUT2D eigenvalue weighted by Crippen LogP contribution is -2.32. The third-order valence-electron chi connectivity index (χ3n) is 3.14. The SMILES string of the molecule is CCOC(=O)CCN1C(=O)c2c(Cl)nc(C)c(N)c2C1=O. The van der Waals surface area contributed by atoms with E-state index >= 15 is 0 Å². The Morgan fingerprint density at radius 2 is 1.95 bits per heavy atom. The molecule has 1 aliphatic heterocycles. The number of pyridine rings is 1. The topological polar surface area (TPSA) is 103 Å². The number of aromatic nitrogens is 1. The van der Waals surface area contributed by atoms with Crippen LogP contribution in [0.5, 0.6) is 0 Å². The summed E-state index contributed by atoms with van der Waals surface area (Å²) in [4.78, 5) is 40.7. The highest BCUT2D eigenvalue weighted by Gasteiger charge is 2.40. The number of carbonyl (C=O) groups excluding carboxylic acids is 3. The van der Waals surface area contributed by atoms with Crippen LogP contribution in [0.3, 0.4) is 0 Å². The molecule has 112 valence electrons. The Labute approximate surface area is 126 Å². The lowest BCUT2D eigenvalue weighted by molar-refractivity contribution is -0.143. The summed E-state index contributed by atoms with van der Waals surface area (Å²) >= 11 is 5.93. The normalized spacial score (nSPS) is 13.6. The van der Waals surface area contributed by atoms with Crippen molar-refractivity contribution >= 4 is 35.1 Å². The van der Waals surface area contributed by atoms with Gasteiger partial charge in [-0.25, -0.2) is 4.98 Å². The molecule has 0 unspecified atom stereocenters. The fraction of sp³-hybridized carbons (Fsp3) is 0.385. The van der Waals surface area contributed by atoms with Crippen molar-refractivity contribution in [2.24, 2.45) is 0 Å². The second kappa shape index (κ2) is 5.69. The number of rotatable bonds is 4. The molecule has 21 heavy (non-hydrogen) atoms. The molecule has 0 atom stereocenters. The smallest absolute Gasteiger partial charge is 0.307 e. The third kappa shape index (κ3) is 2.56. The first kappa shape index (κ1) is 15.2. The summed E-state index contributed by atoms with van der Waals surface area (Å²) in [5, 5.41) is -0.0614. The number of nitrogens with two attached hydrogens (primary N) is 1. The number of ether oxygens (including phenoxy) is 1. The van der Waals surface area contributed by atoms with Gasteiger partial charge in [0.15, 0.2) is 0 Å². The van der Waals surface area contributed by atoms with Gasteiger partial charge in [-0.2, -0.15) is 0 Å². The molecule has 0 radical (unpaired) electrons. The lowest BCUT2D eigenvalue weighted by atomic mass is 10.1. The zero-order valence-electron chi connectivity index (χ0n) is 11.6. The van der Waals surface area contributed by atoms with Crippen molar-refractivity contribution in [3.8, 4) is 0 Å². The van der Waals surface area contributed by atoms with Crippen LogP contribution >= 0.6 is 11.6 Å². The van der Waals surface area contributed by atoms with Gasteiger partial charge in [0, 0.05) is 6.54 Å².